The highest BCUT2D eigenvalue weighted by molar-refractivity contribution is 6.10. The number of carbonyl (C=O) groups is 3. The number of nitrogens with zero attached hydrogens (tertiary/aromatic N) is 1. The van der Waals surface area contributed by atoms with Gasteiger partial charge in [-0.25, -0.2) is 0 Å². The van der Waals surface area contributed by atoms with Gasteiger partial charge in [-0.05, 0) is 37.3 Å². The maximum atomic E-state index is 13.1. The number of carboxylic acids is 1. The van der Waals surface area contributed by atoms with Gasteiger partial charge in [0.1, 0.15) is 12.2 Å². The zero-order valence-electron chi connectivity index (χ0n) is 16.9. The first-order valence-corrected chi connectivity index (χ1v) is 9.74. The Balaban J connectivity index is 1.85. The average molecular weight is 398 g/mol. The number of furan rings is 1. The Hall–Kier alpha value is -3.09. The van der Waals surface area contributed by atoms with E-state index in [0.29, 0.717) is 41.7 Å². The van der Waals surface area contributed by atoms with E-state index in [0.717, 1.165) is 6.42 Å². The average Bonchev–Trinajstić information content (AvgIpc) is 3.00. The molecule has 2 atom stereocenters. The smallest absolute Gasteiger partial charge is 0.311 e. The van der Waals surface area contributed by atoms with Gasteiger partial charge in [0.05, 0.1) is 23.1 Å². The SMILES string of the molecule is Cc1coc(CC(=O)O)c1C(=O)Nc1ccccc1C(=O)N1CC(C)CC(C)C1. The first-order chi connectivity index (χ1) is 13.8. The fourth-order valence-electron chi connectivity index (χ4n) is 4.03. The van der Waals surface area contributed by atoms with E-state index in [2.05, 4.69) is 19.2 Å². The van der Waals surface area contributed by atoms with Gasteiger partial charge in [0.15, 0.2) is 0 Å². The van der Waals surface area contributed by atoms with E-state index in [-0.39, 0.29) is 23.7 Å². The summed E-state index contributed by atoms with van der Waals surface area (Å²) in [4.78, 5) is 38.9. The Morgan fingerprint density at radius 2 is 1.83 bits per heavy atom. The number of piperidine rings is 1. The van der Waals surface area contributed by atoms with E-state index in [9.17, 15) is 14.4 Å². The summed E-state index contributed by atoms with van der Waals surface area (Å²) in [5, 5.41) is 11.8. The topological polar surface area (TPSA) is 99.8 Å². The Kier molecular flexibility index (Phi) is 6.06. The zero-order chi connectivity index (χ0) is 21.1. The largest absolute Gasteiger partial charge is 0.481 e. The maximum Gasteiger partial charge on any atom is 0.311 e. The molecule has 2 unspecified atom stereocenters. The van der Waals surface area contributed by atoms with Crippen molar-refractivity contribution in [3.8, 4) is 0 Å². The summed E-state index contributed by atoms with van der Waals surface area (Å²) in [7, 11) is 0. The van der Waals surface area contributed by atoms with Crippen LogP contribution in [0.1, 0.15) is 52.3 Å². The minimum Gasteiger partial charge on any atom is -0.481 e. The molecule has 1 aromatic carbocycles. The number of carbonyl (C=O) groups excluding carboxylic acids is 2. The monoisotopic (exact) mass is 398 g/mol. The molecule has 7 heteroatoms. The van der Waals surface area contributed by atoms with E-state index in [1.807, 2.05) is 4.90 Å². The summed E-state index contributed by atoms with van der Waals surface area (Å²) >= 11 is 0. The Morgan fingerprint density at radius 1 is 1.17 bits per heavy atom. The molecule has 1 saturated heterocycles. The molecule has 0 radical (unpaired) electrons. The van der Waals surface area contributed by atoms with Crippen molar-refractivity contribution in [2.75, 3.05) is 18.4 Å². The van der Waals surface area contributed by atoms with Crippen LogP contribution in [0.4, 0.5) is 5.69 Å². The van der Waals surface area contributed by atoms with Crippen molar-refractivity contribution in [1.29, 1.82) is 0 Å². The fourth-order valence-corrected chi connectivity index (χ4v) is 4.03. The minimum absolute atomic E-state index is 0.0926. The lowest BCUT2D eigenvalue weighted by molar-refractivity contribution is -0.136. The third-order valence-electron chi connectivity index (χ3n) is 5.15. The van der Waals surface area contributed by atoms with Crippen LogP contribution in [0.15, 0.2) is 34.9 Å². The molecule has 0 spiro atoms. The summed E-state index contributed by atoms with van der Waals surface area (Å²) in [6.45, 7) is 7.33. The van der Waals surface area contributed by atoms with E-state index in [1.54, 1.807) is 31.2 Å². The van der Waals surface area contributed by atoms with Crippen LogP contribution in [0.2, 0.25) is 0 Å². The van der Waals surface area contributed by atoms with E-state index < -0.39 is 11.9 Å². The van der Waals surface area contributed by atoms with Gasteiger partial charge in [0.2, 0.25) is 0 Å². The molecule has 0 bridgehead atoms. The second-order valence-electron chi connectivity index (χ2n) is 7.94. The van der Waals surface area contributed by atoms with Gasteiger partial charge in [-0.3, -0.25) is 14.4 Å². The molecule has 2 aromatic rings. The molecule has 1 fully saturated rings. The van der Waals surface area contributed by atoms with Crippen molar-refractivity contribution in [3.05, 3.63) is 53.0 Å². The van der Waals surface area contributed by atoms with Gasteiger partial charge in [-0.1, -0.05) is 26.0 Å². The number of amides is 2. The molecule has 3 rings (SSSR count). The number of anilines is 1. The molecule has 1 aliphatic heterocycles. The summed E-state index contributed by atoms with van der Waals surface area (Å²) in [5.41, 5.74) is 1.55. The summed E-state index contributed by atoms with van der Waals surface area (Å²) in [6, 6.07) is 6.88. The van der Waals surface area contributed by atoms with Crippen molar-refractivity contribution >= 4 is 23.5 Å². The third-order valence-corrected chi connectivity index (χ3v) is 5.15. The Labute approximate surface area is 169 Å². The number of likely N-dealkylation sites (tertiary alicyclic amines) is 1. The molecule has 2 heterocycles. The van der Waals surface area contributed by atoms with Crippen LogP contribution in [-0.2, 0) is 11.2 Å². The van der Waals surface area contributed by atoms with Crippen molar-refractivity contribution in [2.24, 2.45) is 11.8 Å². The fraction of sp³-hybridized carbons (Fsp3) is 0.409. The van der Waals surface area contributed by atoms with Crippen LogP contribution in [-0.4, -0.2) is 40.9 Å². The Bertz CT molecular complexity index is 923. The van der Waals surface area contributed by atoms with Crippen LogP contribution >= 0.6 is 0 Å². The molecular weight excluding hydrogens is 372 g/mol. The first-order valence-electron chi connectivity index (χ1n) is 9.74. The second-order valence-corrected chi connectivity index (χ2v) is 7.94. The molecule has 7 nitrogen and oxygen atoms in total. The third kappa shape index (κ3) is 4.67. The number of aliphatic carboxylic acids is 1. The zero-order valence-corrected chi connectivity index (χ0v) is 16.9. The van der Waals surface area contributed by atoms with Gasteiger partial charge in [-0.15, -0.1) is 0 Å². The molecule has 2 amide bonds. The minimum atomic E-state index is -1.09. The number of rotatable bonds is 5. The standard InChI is InChI=1S/C22H26N2O5/c1-13-8-14(2)11-24(10-13)22(28)16-6-4-5-7-17(16)23-21(27)20-15(3)12-29-18(20)9-19(25)26/h4-7,12-14H,8-11H2,1-3H3,(H,23,27)(H,25,26). The predicted octanol–water partition coefficient (Wildman–Crippen LogP) is 3.59. The van der Waals surface area contributed by atoms with Crippen molar-refractivity contribution in [3.63, 3.8) is 0 Å². The van der Waals surface area contributed by atoms with Crippen LogP contribution in [0, 0.1) is 18.8 Å². The lowest BCUT2D eigenvalue weighted by atomic mass is 9.91. The van der Waals surface area contributed by atoms with E-state index in [4.69, 9.17) is 9.52 Å². The predicted molar refractivity (Wildman–Crippen MR) is 108 cm³/mol. The number of aryl methyl sites for hydroxylation is 1. The quantitative estimate of drug-likeness (QED) is 0.802. The lowest BCUT2D eigenvalue weighted by Gasteiger charge is -2.35. The van der Waals surface area contributed by atoms with Crippen LogP contribution in [0.25, 0.3) is 0 Å². The van der Waals surface area contributed by atoms with E-state index >= 15 is 0 Å². The molecule has 1 aliphatic rings. The molecule has 2 N–H and O–H groups in total. The number of nitrogens with one attached hydrogen (secondary N) is 1. The summed E-state index contributed by atoms with van der Waals surface area (Å²) in [6.07, 6.45) is 2.07. The number of hydrogen-bond donors (Lipinski definition) is 2. The van der Waals surface area contributed by atoms with Crippen LogP contribution < -0.4 is 5.32 Å². The molecule has 0 aliphatic carbocycles. The highest BCUT2D eigenvalue weighted by atomic mass is 16.4. The van der Waals surface area contributed by atoms with Crippen molar-refractivity contribution < 1.29 is 23.9 Å². The van der Waals surface area contributed by atoms with Crippen LogP contribution in [0.5, 0.6) is 0 Å². The van der Waals surface area contributed by atoms with Crippen LogP contribution in [0.3, 0.4) is 0 Å². The summed E-state index contributed by atoms with van der Waals surface area (Å²) in [5.74, 6) is -0.748. The molecule has 154 valence electrons. The normalized spacial score (nSPS) is 19.1. The second kappa shape index (κ2) is 8.51. The van der Waals surface area contributed by atoms with Gasteiger partial charge in [0.25, 0.3) is 11.8 Å². The number of benzene rings is 1. The van der Waals surface area contributed by atoms with Gasteiger partial charge in [0, 0.05) is 18.7 Å². The van der Waals surface area contributed by atoms with Gasteiger partial charge < -0.3 is 19.7 Å². The molecule has 1 aromatic heterocycles. The lowest BCUT2D eigenvalue weighted by Crippen LogP contribution is -2.42. The van der Waals surface area contributed by atoms with Crippen molar-refractivity contribution in [2.45, 2.75) is 33.6 Å². The van der Waals surface area contributed by atoms with Gasteiger partial charge >= 0.3 is 5.97 Å². The Morgan fingerprint density at radius 3 is 2.48 bits per heavy atom. The molecular formula is C22H26N2O5. The van der Waals surface area contributed by atoms with Gasteiger partial charge in [-0.2, -0.15) is 0 Å². The number of para-hydroxylation sites is 1. The highest BCUT2D eigenvalue weighted by Crippen LogP contribution is 2.26. The summed E-state index contributed by atoms with van der Waals surface area (Å²) < 4.78 is 5.24. The first kappa shape index (κ1) is 20.6. The van der Waals surface area contributed by atoms with Crippen molar-refractivity contribution in [1.82, 2.24) is 4.90 Å². The number of carboxylic acid groups (broad SMARTS) is 1. The molecule has 0 saturated carbocycles. The maximum absolute atomic E-state index is 13.1. The number of hydrogen-bond acceptors (Lipinski definition) is 4. The molecule has 29 heavy (non-hydrogen) atoms. The highest BCUT2D eigenvalue weighted by Gasteiger charge is 2.28. The van der Waals surface area contributed by atoms with E-state index in [1.165, 1.54) is 6.26 Å².